The molecule has 0 bridgehead atoms. The summed E-state index contributed by atoms with van der Waals surface area (Å²) in [6.45, 7) is 3.79. The Morgan fingerprint density at radius 3 is 2.44 bits per heavy atom. The van der Waals surface area contributed by atoms with Crippen LogP contribution in [0, 0.1) is 6.92 Å². The molecule has 0 fully saturated rings. The van der Waals surface area contributed by atoms with Gasteiger partial charge in [-0.2, -0.15) is 0 Å². The van der Waals surface area contributed by atoms with E-state index in [-0.39, 0.29) is 22.9 Å². The molecule has 0 radical (unpaired) electrons. The van der Waals surface area contributed by atoms with Crippen LogP contribution in [0.1, 0.15) is 34.5 Å². The average molecular weight is 429 g/mol. The predicted molar refractivity (Wildman–Crippen MR) is 127 cm³/mol. The van der Waals surface area contributed by atoms with E-state index in [2.05, 4.69) is 10.6 Å². The van der Waals surface area contributed by atoms with Gasteiger partial charge in [0.15, 0.2) is 5.43 Å². The first-order valence-electron chi connectivity index (χ1n) is 10.1. The van der Waals surface area contributed by atoms with Crippen LogP contribution in [-0.2, 0) is 0 Å². The van der Waals surface area contributed by atoms with Crippen molar-refractivity contribution in [3.63, 3.8) is 0 Å². The molecule has 1 aromatic heterocycles. The Kier molecular flexibility index (Phi) is 5.55. The number of aromatic carboxylic acids is 1. The zero-order chi connectivity index (χ0) is 22.8. The molecule has 0 aliphatic rings. The van der Waals surface area contributed by atoms with Crippen LogP contribution in [0.5, 0.6) is 0 Å². The Bertz CT molecular complexity index is 1380. The quantitative estimate of drug-likeness (QED) is 0.307. The normalized spacial score (nSPS) is 11.8. The van der Waals surface area contributed by atoms with Crippen molar-refractivity contribution in [1.29, 1.82) is 0 Å². The van der Waals surface area contributed by atoms with Crippen LogP contribution in [0.4, 0.5) is 22.9 Å². The number of fused-ring (bicyclic) bond motifs is 1. The molecule has 5 N–H and O–H groups in total. The molecule has 0 saturated heterocycles. The number of carbonyl (C=O) groups is 1. The van der Waals surface area contributed by atoms with E-state index in [4.69, 9.17) is 10.2 Å². The number of carboxylic acids is 1. The van der Waals surface area contributed by atoms with Crippen molar-refractivity contribution < 1.29 is 14.3 Å². The van der Waals surface area contributed by atoms with Gasteiger partial charge in [-0.05, 0) is 49.7 Å². The van der Waals surface area contributed by atoms with Gasteiger partial charge < -0.3 is 25.9 Å². The van der Waals surface area contributed by atoms with E-state index in [0.29, 0.717) is 28.0 Å². The van der Waals surface area contributed by atoms with Gasteiger partial charge in [0.2, 0.25) is 5.88 Å². The van der Waals surface area contributed by atoms with Crippen molar-refractivity contribution in [2.75, 3.05) is 16.4 Å². The third-order valence-electron chi connectivity index (χ3n) is 5.22. The number of para-hydroxylation sites is 3. The van der Waals surface area contributed by atoms with Crippen molar-refractivity contribution in [2.24, 2.45) is 0 Å². The molecule has 162 valence electrons. The van der Waals surface area contributed by atoms with Crippen LogP contribution in [0.25, 0.3) is 11.0 Å². The molecule has 3 aromatic carbocycles. The maximum Gasteiger partial charge on any atom is 0.337 e. The number of anilines is 4. The lowest BCUT2D eigenvalue weighted by Gasteiger charge is -2.19. The first-order chi connectivity index (χ1) is 15.3. The molecule has 7 nitrogen and oxygen atoms in total. The molecular formula is C25H23N3O4. The number of nitrogen functional groups attached to an aromatic ring is 1. The fourth-order valence-corrected chi connectivity index (χ4v) is 3.67. The highest BCUT2D eigenvalue weighted by molar-refractivity contribution is 5.94. The molecule has 0 aliphatic heterocycles. The van der Waals surface area contributed by atoms with Gasteiger partial charge >= 0.3 is 5.97 Å². The first-order valence-corrected chi connectivity index (χ1v) is 10.1. The van der Waals surface area contributed by atoms with Crippen LogP contribution < -0.4 is 21.8 Å². The fourth-order valence-electron chi connectivity index (χ4n) is 3.67. The zero-order valence-electron chi connectivity index (χ0n) is 17.7. The van der Waals surface area contributed by atoms with Crippen molar-refractivity contribution in [3.05, 3.63) is 93.6 Å². The Morgan fingerprint density at radius 1 is 1.03 bits per heavy atom. The predicted octanol–water partition coefficient (Wildman–Crippen LogP) is 5.30. The van der Waals surface area contributed by atoms with Gasteiger partial charge in [0.25, 0.3) is 0 Å². The third-order valence-corrected chi connectivity index (χ3v) is 5.22. The lowest BCUT2D eigenvalue weighted by atomic mass is 10.0. The molecule has 32 heavy (non-hydrogen) atoms. The van der Waals surface area contributed by atoms with E-state index >= 15 is 0 Å². The maximum atomic E-state index is 12.9. The molecule has 0 aliphatic carbocycles. The molecule has 1 heterocycles. The minimum absolute atomic E-state index is 0.166. The number of rotatable bonds is 6. The van der Waals surface area contributed by atoms with Gasteiger partial charge in [-0.25, -0.2) is 4.79 Å². The van der Waals surface area contributed by atoms with Crippen LogP contribution >= 0.6 is 0 Å². The fraction of sp³-hybridized carbons (Fsp3) is 0.120. The van der Waals surface area contributed by atoms with Crippen molar-refractivity contribution >= 4 is 39.9 Å². The number of carboxylic acid groups (broad SMARTS) is 1. The summed E-state index contributed by atoms with van der Waals surface area (Å²) < 4.78 is 6.10. The Balaban J connectivity index is 1.79. The smallest absolute Gasteiger partial charge is 0.337 e. The maximum absolute atomic E-state index is 12.9. The summed E-state index contributed by atoms with van der Waals surface area (Å²) in [7, 11) is 0. The Morgan fingerprint density at radius 2 is 1.72 bits per heavy atom. The summed E-state index contributed by atoms with van der Waals surface area (Å²) in [5, 5.41) is 16.2. The van der Waals surface area contributed by atoms with E-state index in [1.54, 1.807) is 36.4 Å². The van der Waals surface area contributed by atoms with E-state index in [0.717, 1.165) is 11.1 Å². The largest absolute Gasteiger partial charge is 0.478 e. The average Bonchev–Trinajstić information content (AvgIpc) is 2.75. The lowest BCUT2D eigenvalue weighted by molar-refractivity contribution is 0.0698. The summed E-state index contributed by atoms with van der Waals surface area (Å²) in [6, 6.07) is 18.7. The van der Waals surface area contributed by atoms with Gasteiger partial charge in [-0.3, -0.25) is 4.79 Å². The molecule has 1 unspecified atom stereocenters. The number of hydrogen-bond donors (Lipinski definition) is 4. The first kappa shape index (κ1) is 21.0. The molecule has 7 heteroatoms. The number of nitrogens with one attached hydrogen (secondary N) is 2. The van der Waals surface area contributed by atoms with E-state index < -0.39 is 5.97 Å². The number of hydrogen-bond acceptors (Lipinski definition) is 6. The highest BCUT2D eigenvalue weighted by Crippen LogP contribution is 2.31. The highest BCUT2D eigenvalue weighted by Gasteiger charge is 2.18. The summed E-state index contributed by atoms with van der Waals surface area (Å²) >= 11 is 0. The van der Waals surface area contributed by atoms with Crippen LogP contribution in [0.15, 0.2) is 75.9 Å². The number of aryl methyl sites for hydroxylation is 1. The summed E-state index contributed by atoms with van der Waals surface area (Å²) in [6.07, 6.45) is 0. The lowest BCUT2D eigenvalue weighted by Crippen LogP contribution is -2.13. The summed E-state index contributed by atoms with van der Waals surface area (Å²) in [5.41, 5.74) is 9.68. The molecule has 0 spiro atoms. The van der Waals surface area contributed by atoms with E-state index in [9.17, 15) is 14.7 Å². The van der Waals surface area contributed by atoms with Crippen LogP contribution in [0.3, 0.4) is 0 Å². The molecule has 0 saturated carbocycles. The van der Waals surface area contributed by atoms with Crippen molar-refractivity contribution in [2.45, 2.75) is 19.9 Å². The topological polar surface area (TPSA) is 118 Å². The second-order valence-electron chi connectivity index (χ2n) is 7.63. The van der Waals surface area contributed by atoms with Crippen LogP contribution in [0.2, 0.25) is 0 Å². The molecule has 1 atom stereocenters. The number of benzene rings is 3. The van der Waals surface area contributed by atoms with Gasteiger partial charge in [0.05, 0.1) is 28.4 Å². The monoisotopic (exact) mass is 429 g/mol. The highest BCUT2D eigenvalue weighted by atomic mass is 16.4. The second-order valence-corrected chi connectivity index (χ2v) is 7.63. The van der Waals surface area contributed by atoms with E-state index in [1.165, 1.54) is 12.1 Å². The number of nitrogens with two attached hydrogens (primary N) is 1. The van der Waals surface area contributed by atoms with Gasteiger partial charge in [-0.1, -0.05) is 30.3 Å². The van der Waals surface area contributed by atoms with Crippen LogP contribution in [-0.4, -0.2) is 11.1 Å². The zero-order valence-corrected chi connectivity index (χ0v) is 17.7. The molecule has 4 aromatic rings. The van der Waals surface area contributed by atoms with E-state index in [1.807, 2.05) is 32.0 Å². The molecule has 4 rings (SSSR count). The molecular weight excluding hydrogens is 406 g/mol. The van der Waals surface area contributed by atoms with Crippen molar-refractivity contribution in [1.82, 2.24) is 0 Å². The SMILES string of the molecule is Cc1cc(C(C)Nc2ccccc2C(=O)O)c2oc(Nc3ccccc3N)cc(=O)c2c1. The summed E-state index contributed by atoms with van der Waals surface area (Å²) in [5.74, 6) is -0.753. The standard InChI is InChI=1S/C25H23N3O4/c1-14-11-17(15(2)27-20-9-5-3-7-16(20)25(30)31)24-18(12-14)22(29)13-23(32-24)28-21-10-6-4-8-19(21)26/h3-13,15,27-28H,26H2,1-2H3,(H,30,31). The Hall–Kier alpha value is -4.26. The van der Waals surface area contributed by atoms with Gasteiger partial charge in [0.1, 0.15) is 5.58 Å². The van der Waals surface area contributed by atoms with Gasteiger partial charge in [0, 0.05) is 17.3 Å². The Labute approximate surface area is 184 Å². The molecule has 0 amide bonds. The van der Waals surface area contributed by atoms with Gasteiger partial charge in [-0.15, -0.1) is 0 Å². The minimum atomic E-state index is -1.02. The minimum Gasteiger partial charge on any atom is -0.478 e. The van der Waals surface area contributed by atoms with Crippen molar-refractivity contribution in [3.8, 4) is 0 Å². The summed E-state index contributed by atoms with van der Waals surface area (Å²) in [4.78, 5) is 24.5. The third kappa shape index (κ3) is 4.13. The second kappa shape index (κ2) is 8.47.